The van der Waals surface area contributed by atoms with Crippen molar-refractivity contribution in [3.63, 3.8) is 0 Å². The van der Waals surface area contributed by atoms with Crippen molar-refractivity contribution in [1.82, 2.24) is 15.0 Å². The fraction of sp³-hybridized carbons (Fsp3) is 0.444. The van der Waals surface area contributed by atoms with E-state index in [-0.39, 0.29) is 0 Å². The minimum absolute atomic E-state index is 0.572. The Hall–Kier alpha value is -7.59. The molecular weight excluding hydrogens is 1060 g/mol. The summed E-state index contributed by atoms with van der Waals surface area (Å²) in [5.74, 6) is 24.4. The van der Waals surface area contributed by atoms with Crippen LogP contribution in [-0.2, 0) is 0 Å². The molecule has 456 valence electrons. The van der Waals surface area contributed by atoms with Gasteiger partial charge in [0.1, 0.15) is 17.2 Å². The van der Waals surface area contributed by atoms with E-state index in [9.17, 15) is 0 Å². The minimum Gasteiger partial charge on any atom is -0.494 e. The van der Waals surface area contributed by atoms with Crippen molar-refractivity contribution in [3.05, 3.63) is 179 Å². The third-order valence-electron chi connectivity index (χ3n) is 16.0. The summed E-state index contributed by atoms with van der Waals surface area (Å²) in [5, 5.41) is 0. The Bertz CT molecular complexity index is 2810. The number of benzene rings is 6. The van der Waals surface area contributed by atoms with E-state index < -0.39 is 0 Å². The summed E-state index contributed by atoms with van der Waals surface area (Å²) >= 11 is 0. The molecule has 0 bridgehead atoms. The van der Waals surface area contributed by atoms with Crippen LogP contribution in [0.5, 0.6) is 17.2 Å². The second-order valence-electron chi connectivity index (χ2n) is 23.5. The molecule has 0 saturated carbocycles. The highest BCUT2D eigenvalue weighted by Gasteiger charge is 2.13. The van der Waals surface area contributed by atoms with E-state index in [4.69, 9.17) is 29.2 Å². The number of unbranched alkanes of at least 4 members (excludes halogenated alkanes) is 27. The summed E-state index contributed by atoms with van der Waals surface area (Å²) in [5.41, 5.74) is 8.11. The zero-order chi connectivity index (χ0) is 60.5. The first-order chi connectivity index (χ1) is 43.0. The third kappa shape index (κ3) is 26.9. The monoisotopic (exact) mass is 1160 g/mol. The van der Waals surface area contributed by atoms with Crippen LogP contribution in [0.25, 0.3) is 34.2 Å². The molecule has 0 aliphatic heterocycles. The molecule has 0 saturated heterocycles. The average molecular weight is 1160 g/mol. The molecule has 87 heavy (non-hydrogen) atoms. The quantitative estimate of drug-likeness (QED) is 0.0283. The summed E-state index contributed by atoms with van der Waals surface area (Å²) in [6.45, 7) is 9.08. The molecule has 0 amide bonds. The molecule has 0 aliphatic rings. The first kappa shape index (κ1) is 66.9. The Morgan fingerprint density at radius 3 is 0.586 bits per heavy atom. The lowest BCUT2D eigenvalue weighted by Gasteiger charge is -2.09. The molecule has 0 fully saturated rings. The highest BCUT2D eigenvalue weighted by Crippen LogP contribution is 2.27. The van der Waals surface area contributed by atoms with E-state index in [0.29, 0.717) is 17.5 Å². The number of rotatable bonds is 39. The summed E-state index contributed by atoms with van der Waals surface area (Å²) in [7, 11) is 0. The van der Waals surface area contributed by atoms with Crippen LogP contribution < -0.4 is 14.2 Å². The van der Waals surface area contributed by atoms with Gasteiger partial charge in [-0.1, -0.05) is 230 Å². The number of aromatic nitrogens is 3. The van der Waals surface area contributed by atoms with Crippen molar-refractivity contribution in [2.75, 3.05) is 19.8 Å². The van der Waals surface area contributed by atoms with Crippen molar-refractivity contribution >= 4 is 0 Å². The van der Waals surface area contributed by atoms with Crippen LogP contribution in [0.4, 0.5) is 0 Å². The fourth-order valence-corrected chi connectivity index (χ4v) is 10.5. The summed E-state index contributed by atoms with van der Waals surface area (Å²) in [6.07, 6.45) is 39.4. The molecule has 0 radical (unpaired) electrons. The number of ether oxygens (including phenoxy) is 3. The SMILES string of the molecule is CCCCCCCCCCCCOc1ccc(C#Cc2ccc(-c3nc(-c4ccc(C#Cc5ccc(OCCCCCCCCCCCC)cc5)cc4)nc(-c4ccc(C#Cc5ccc(OCCCCCCCCCCCC)cc5)cc4)n3)cc2)cc1. The highest BCUT2D eigenvalue weighted by atomic mass is 16.5. The molecule has 7 rings (SSSR count). The van der Waals surface area contributed by atoms with Gasteiger partial charge in [-0.15, -0.1) is 0 Å². The van der Waals surface area contributed by atoms with E-state index in [1.54, 1.807) is 0 Å². The van der Waals surface area contributed by atoms with Crippen molar-refractivity contribution in [3.8, 4) is 86.9 Å². The fourth-order valence-electron chi connectivity index (χ4n) is 10.5. The van der Waals surface area contributed by atoms with Crippen LogP contribution in [-0.4, -0.2) is 34.8 Å². The van der Waals surface area contributed by atoms with Crippen molar-refractivity contribution in [2.24, 2.45) is 0 Å². The first-order valence-corrected chi connectivity index (χ1v) is 33.9. The van der Waals surface area contributed by atoms with E-state index in [2.05, 4.69) is 56.3 Å². The van der Waals surface area contributed by atoms with Gasteiger partial charge in [0.05, 0.1) is 19.8 Å². The Balaban J connectivity index is 0.958. The lowest BCUT2D eigenvalue weighted by atomic mass is 10.1. The van der Waals surface area contributed by atoms with Gasteiger partial charge in [0.15, 0.2) is 17.5 Å². The van der Waals surface area contributed by atoms with Crippen molar-refractivity contribution in [2.45, 2.75) is 213 Å². The minimum atomic E-state index is 0.572. The first-order valence-electron chi connectivity index (χ1n) is 33.9. The molecule has 0 aliphatic carbocycles. The average Bonchev–Trinajstić information content (AvgIpc) is 2.54. The molecule has 0 N–H and O–H groups in total. The smallest absolute Gasteiger partial charge is 0.164 e. The van der Waals surface area contributed by atoms with Crippen LogP contribution >= 0.6 is 0 Å². The van der Waals surface area contributed by atoms with Gasteiger partial charge >= 0.3 is 0 Å². The van der Waals surface area contributed by atoms with Gasteiger partial charge in [-0.3, -0.25) is 0 Å². The molecular formula is C81H99N3O3. The Labute approximate surface area is 525 Å². The zero-order valence-electron chi connectivity index (χ0n) is 53.3. The molecule has 7 aromatic rings. The van der Waals surface area contributed by atoms with E-state index in [0.717, 1.165) is 106 Å². The zero-order valence-corrected chi connectivity index (χ0v) is 53.3. The molecule has 1 heterocycles. The molecule has 0 unspecified atom stereocenters. The van der Waals surface area contributed by atoms with Gasteiger partial charge in [-0.25, -0.2) is 15.0 Å². The van der Waals surface area contributed by atoms with Crippen LogP contribution in [0.1, 0.15) is 247 Å². The van der Waals surface area contributed by atoms with E-state index in [1.165, 1.54) is 173 Å². The van der Waals surface area contributed by atoms with Gasteiger partial charge in [0.2, 0.25) is 0 Å². The summed E-state index contributed by atoms with van der Waals surface area (Å²) in [6, 6.07) is 48.6. The summed E-state index contributed by atoms with van der Waals surface area (Å²) < 4.78 is 18.2. The topological polar surface area (TPSA) is 66.4 Å². The number of nitrogens with zero attached hydrogens (tertiary/aromatic N) is 3. The largest absolute Gasteiger partial charge is 0.494 e. The summed E-state index contributed by atoms with van der Waals surface area (Å²) in [4.78, 5) is 15.2. The standard InChI is InChI=1S/C81H99N3O3/c1-4-7-10-13-16-19-22-25-28-31-64-85-76-58-46-70(47-59-76)37-34-67-40-52-73(53-41-67)79-82-80(74-54-42-68(43-55-74)35-38-71-48-60-77(61-49-71)86-65-32-29-26-23-20-17-14-11-8-5-2)84-81(83-79)75-56-44-69(45-57-75)36-39-72-50-62-78(63-51-72)87-66-33-30-27-24-21-18-15-12-9-6-3/h40-63H,4-33,64-66H2,1-3H3. The van der Waals surface area contributed by atoms with Gasteiger partial charge in [0.25, 0.3) is 0 Å². The van der Waals surface area contributed by atoms with Crippen LogP contribution in [0.2, 0.25) is 0 Å². The van der Waals surface area contributed by atoms with Crippen molar-refractivity contribution < 1.29 is 14.2 Å². The predicted molar refractivity (Wildman–Crippen MR) is 365 cm³/mol. The second-order valence-corrected chi connectivity index (χ2v) is 23.5. The van der Waals surface area contributed by atoms with Crippen LogP contribution in [0.15, 0.2) is 146 Å². The lowest BCUT2D eigenvalue weighted by Crippen LogP contribution is -2.00. The molecule has 6 aromatic carbocycles. The van der Waals surface area contributed by atoms with Gasteiger partial charge in [-0.2, -0.15) is 0 Å². The van der Waals surface area contributed by atoms with Crippen LogP contribution in [0.3, 0.4) is 0 Å². The molecule has 0 spiro atoms. The van der Waals surface area contributed by atoms with Gasteiger partial charge < -0.3 is 14.2 Å². The molecule has 6 nitrogen and oxygen atoms in total. The Morgan fingerprint density at radius 1 is 0.218 bits per heavy atom. The maximum atomic E-state index is 6.06. The Morgan fingerprint density at radius 2 is 0.391 bits per heavy atom. The van der Waals surface area contributed by atoms with E-state index >= 15 is 0 Å². The molecule has 0 atom stereocenters. The number of hydrogen-bond donors (Lipinski definition) is 0. The number of hydrogen-bond acceptors (Lipinski definition) is 6. The maximum absolute atomic E-state index is 6.06. The Kier molecular flexibility index (Phi) is 31.9. The molecule has 1 aromatic heterocycles. The lowest BCUT2D eigenvalue weighted by molar-refractivity contribution is 0.304. The van der Waals surface area contributed by atoms with Gasteiger partial charge in [-0.05, 0) is 165 Å². The molecule has 6 heteroatoms. The van der Waals surface area contributed by atoms with Crippen LogP contribution in [0, 0.1) is 35.5 Å². The van der Waals surface area contributed by atoms with E-state index in [1.807, 2.05) is 146 Å². The predicted octanol–water partition coefficient (Wildman–Crippen LogP) is 22.0. The maximum Gasteiger partial charge on any atom is 0.164 e. The third-order valence-corrected chi connectivity index (χ3v) is 16.0. The normalized spacial score (nSPS) is 10.8. The van der Waals surface area contributed by atoms with Gasteiger partial charge in [0, 0.05) is 50.1 Å². The second kappa shape index (κ2) is 41.5. The highest BCUT2D eigenvalue weighted by molar-refractivity contribution is 5.68. The van der Waals surface area contributed by atoms with Crippen molar-refractivity contribution in [1.29, 1.82) is 0 Å².